The van der Waals surface area contributed by atoms with Crippen LogP contribution in [0, 0.1) is 11.8 Å². The second kappa shape index (κ2) is 5.89. The van der Waals surface area contributed by atoms with E-state index in [2.05, 4.69) is 30.7 Å². The lowest BCUT2D eigenvalue weighted by molar-refractivity contribution is -0.00169. The highest BCUT2D eigenvalue weighted by Gasteiger charge is 2.40. The molecule has 2 fully saturated rings. The highest BCUT2D eigenvalue weighted by Crippen LogP contribution is 2.32. The smallest absolute Gasteiger partial charge is 0.0458 e. The van der Waals surface area contributed by atoms with Crippen molar-refractivity contribution >= 4 is 0 Å². The fourth-order valence-electron chi connectivity index (χ4n) is 3.93. The van der Waals surface area contributed by atoms with Crippen molar-refractivity contribution in [2.75, 3.05) is 39.8 Å². The summed E-state index contributed by atoms with van der Waals surface area (Å²) >= 11 is 0. The molecule has 1 unspecified atom stereocenters. The number of hydrogen-bond acceptors (Lipinski definition) is 3. The third-order valence-corrected chi connectivity index (χ3v) is 5.28. The average molecular weight is 253 g/mol. The monoisotopic (exact) mass is 253 g/mol. The van der Waals surface area contributed by atoms with Crippen LogP contribution >= 0.6 is 0 Å². The number of hydrogen-bond donors (Lipinski definition) is 1. The van der Waals surface area contributed by atoms with Crippen molar-refractivity contribution in [1.82, 2.24) is 9.80 Å². The Bertz CT molecular complexity index is 258. The molecule has 2 N–H and O–H groups in total. The molecule has 2 rings (SSSR count). The van der Waals surface area contributed by atoms with E-state index in [1.165, 1.54) is 45.3 Å². The van der Waals surface area contributed by atoms with Crippen molar-refractivity contribution in [2.24, 2.45) is 17.6 Å². The molecule has 1 atom stereocenters. The molecule has 0 aromatic heterocycles. The molecule has 2 heterocycles. The molecular weight excluding hydrogens is 222 g/mol. The van der Waals surface area contributed by atoms with Crippen LogP contribution in [0.5, 0.6) is 0 Å². The molecular formula is C15H31N3. The second-order valence-electron chi connectivity index (χ2n) is 6.84. The van der Waals surface area contributed by atoms with Crippen LogP contribution < -0.4 is 5.73 Å². The number of nitrogens with zero attached hydrogens (tertiary/aromatic N) is 2. The van der Waals surface area contributed by atoms with E-state index >= 15 is 0 Å². The first-order chi connectivity index (χ1) is 8.57. The molecule has 0 bridgehead atoms. The standard InChI is InChI=1S/C15H31N3/c1-13(2)14-5-9-18(10-6-14)15(11-16)7-4-8-17(3)12-15/h13-14H,4-12,16H2,1-3H3. The summed E-state index contributed by atoms with van der Waals surface area (Å²) in [7, 11) is 2.24. The molecule has 3 heteroatoms. The predicted molar refractivity (Wildman–Crippen MR) is 77.7 cm³/mol. The van der Waals surface area contributed by atoms with E-state index in [-0.39, 0.29) is 5.54 Å². The number of rotatable bonds is 3. The summed E-state index contributed by atoms with van der Waals surface area (Å²) in [5.74, 6) is 1.77. The van der Waals surface area contributed by atoms with Gasteiger partial charge in [0, 0.05) is 18.6 Å². The van der Waals surface area contributed by atoms with Gasteiger partial charge in [-0.25, -0.2) is 0 Å². The molecule has 3 nitrogen and oxygen atoms in total. The Morgan fingerprint density at radius 3 is 2.39 bits per heavy atom. The van der Waals surface area contributed by atoms with Gasteiger partial charge in [0.25, 0.3) is 0 Å². The van der Waals surface area contributed by atoms with E-state index < -0.39 is 0 Å². The molecule has 2 aliphatic heterocycles. The Labute approximate surface area is 113 Å². The van der Waals surface area contributed by atoms with Crippen LogP contribution in [-0.2, 0) is 0 Å². The Hall–Kier alpha value is -0.120. The molecule has 0 aromatic rings. The first kappa shape index (κ1) is 14.3. The van der Waals surface area contributed by atoms with Gasteiger partial charge in [-0.3, -0.25) is 4.90 Å². The normalized spacial score (nSPS) is 33.2. The molecule has 18 heavy (non-hydrogen) atoms. The van der Waals surface area contributed by atoms with E-state index in [4.69, 9.17) is 5.73 Å². The molecule has 0 aliphatic carbocycles. The van der Waals surface area contributed by atoms with Crippen molar-refractivity contribution in [3.8, 4) is 0 Å². The maximum absolute atomic E-state index is 6.16. The minimum Gasteiger partial charge on any atom is -0.329 e. The maximum atomic E-state index is 6.16. The van der Waals surface area contributed by atoms with E-state index in [1.54, 1.807) is 0 Å². The number of piperidine rings is 2. The van der Waals surface area contributed by atoms with Crippen molar-refractivity contribution < 1.29 is 0 Å². The molecule has 2 aliphatic rings. The van der Waals surface area contributed by atoms with Gasteiger partial charge < -0.3 is 10.6 Å². The third kappa shape index (κ3) is 2.89. The average Bonchev–Trinajstić information content (AvgIpc) is 2.38. The molecule has 0 spiro atoms. The van der Waals surface area contributed by atoms with Gasteiger partial charge >= 0.3 is 0 Å². The van der Waals surface area contributed by atoms with Gasteiger partial charge in [0.05, 0.1) is 0 Å². The van der Waals surface area contributed by atoms with Crippen LogP contribution in [0.4, 0.5) is 0 Å². The molecule has 0 saturated carbocycles. The maximum Gasteiger partial charge on any atom is 0.0458 e. The molecule has 0 radical (unpaired) electrons. The first-order valence-corrected chi connectivity index (χ1v) is 7.71. The lowest BCUT2D eigenvalue weighted by Gasteiger charge is -2.51. The Morgan fingerprint density at radius 1 is 1.22 bits per heavy atom. The summed E-state index contributed by atoms with van der Waals surface area (Å²) in [4.78, 5) is 5.17. The third-order valence-electron chi connectivity index (χ3n) is 5.28. The summed E-state index contributed by atoms with van der Waals surface area (Å²) in [6.45, 7) is 10.5. The van der Waals surface area contributed by atoms with Gasteiger partial charge in [-0.15, -0.1) is 0 Å². The zero-order valence-corrected chi connectivity index (χ0v) is 12.5. The van der Waals surface area contributed by atoms with Crippen LogP contribution in [0.1, 0.15) is 39.5 Å². The number of likely N-dealkylation sites (tertiary alicyclic amines) is 2. The van der Waals surface area contributed by atoms with Gasteiger partial charge in [0.15, 0.2) is 0 Å². The summed E-state index contributed by atoms with van der Waals surface area (Å²) in [5.41, 5.74) is 6.43. The fourth-order valence-corrected chi connectivity index (χ4v) is 3.93. The van der Waals surface area contributed by atoms with Crippen molar-refractivity contribution in [2.45, 2.75) is 45.1 Å². The van der Waals surface area contributed by atoms with Crippen molar-refractivity contribution in [1.29, 1.82) is 0 Å². The molecule has 0 aromatic carbocycles. The summed E-state index contributed by atoms with van der Waals surface area (Å²) in [6.07, 6.45) is 5.32. The minimum absolute atomic E-state index is 0.273. The van der Waals surface area contributed by atoms with E-state index in [1.807, 2.05) is 0 Å². The van der Waals surface area contributed by atoms with Crippen molar-refractivity contribution in [3.05, 3.63) is 0 Å². The highest BCUT2D eigenvalue weighted by molar-refractivity contribution is 4.98. The topological polar surface area (TPSA) is 32.5 Å². The number of likely N-dealkylation sites (N-methyl/N-ethyl adjacent to an activating group) is 1. The Balaban J connectivity index is 1.97. The summed E-state index contributed by atoms with van der Waals surface area (Å²) < 4.78 is 0. The summed E-state index contributed by atoms with van der Waals surface area (Å²) in [6, 6.07) is 0. The van der Waals surface area contributed by atoms with E-state index in [9.17, 15) is 0 Å². The second-order valence-corrected chi connectivity index (χ2v) is 6.84. The zero-order valence-electron chi connectivity index (χ0n) is 12.5. The SMILES string of the molecule is CC(C)C1CCN(C2(CN)CCCN(C)C2)CC1. The lowest BCUT2D eigenvalue weighted by atomic mass is 9.81. The zero-order chi connectivity index (χ0) is 13.2. The van der Waals surface area contributed by atoms with Gasteiger partial charge in [-0.2, -0.15) is 0 Å². The van der Waals surface area contributed by atoms with Crippen LogP contribution in [0.2, 0.25) is 0 Å². The Morgan fingerprint density at radius 2 is 1.89 bits per heavy atom. The largest absolute Gasteiger partial charge is 0.329 e. The lowest BCUT2D eigenvalue weighted by Crippen LogP contribution is -2.63. The van der Waals surface area contributed by atoms with Gasteiger partial charge in [0.1, 0.15) is 0 Å². The highest BCUT2D eigenvalue weighted by atomic mass is 15.3. The Kier molecular flexibility index (Phi) is 4.68. The van der Waals surface area contributed by atoms with Crippen LogP contribution in [0.25, 0.3) is 0 Å². The molecule has 2 saturated heterocycles. The number of nitrogens with two attached hydrogens (primary N) is 1. The first-order valence-electron chi connectivity index (χ1n) is 7.71. The van der Waals surface area contributed by atoms with Gasteiger partial charge in [0.2, 0.25) is 0 Å². The van der Waals surface area contributed by atoms with Crippen LogP contribution in [0.3, 0.4) is 0 Å². The quantitative estimate of drug-likeness (QED) is 0.832. The predicted octanol–water partition coefficient (Wildman–Crippen LogP) is 1.78. The molecule has 0 amide bonds. The van der Waals surface area contributed by atoms with E-state index in [0.717, 1.165) is 24.9 Å². The molecule has 106 valence electrons. The van der Waals surface area contributed by atoms with Crippen LogP contribution in [-0.4, -0.2) is 55.1 Å². The summed E-state index contributed by atoms with van der Waals surface area (Å²) in [5, 5.41) is 0. The van der Waals surface area contributed by atoms with Gasteiger partial charge in [-0.05, 0) is 64.2 Å². The van der Waals surface area contributed by atoms with Crippen molar-refractivity contribution in [3.63, 3.8) is 0 Å². The minimum atomic E-state index is 0.273. The van der Waals surface area contributed by atoms with Gasteiger partial charge in [-0.1, -0.05) is 13.8 Å². The van der Waals surface area contributed by atoms with Crippen LogP contribution in [0.15, 0.2) is 0 Å². The van der Waals surface area contributed by atoms with E-state index in [0.29, 0.717) is 0 Å². The fraction of sp³-hybridized carbons (Fsp3) is 1.00.